The summed E-state index contributed by atoms with van der Waals surface area (Å²) in [4.78, 5) is 37.8. The lowest BCUT2D eigenvalue weighted by Crippen LogP contribution is -2.47. The van der Waals surface area contributed by atoms with Gasteiger partial charge in [0.25, 0.3) is 0 Å². The van der Waals surface area contributed by atoms with Crippen LogP contribution in [0.3, 0.4) is 0 Å². The van der Waals surface area contributed by atoms with Crippen LogP contribution in [0.4, 0.5) is 0 Å². The maximum atomic E-state index is 13.5. The van der Waals surface area contributed by atoms with Crippen molar-refractivity contribution in [1.29, 1.82) is 0 Å². The number of carbonyl (C=O) groups is 3. The molecule has 3 aromatic carbocycles. The predicted octanol–water partition coefficient (Wildman–Crippen LogP) is 3.80. The van der Waals surface area contributed by atoms with E-state index in [0.29, 0.717) is 16.7 Å². The number of nitrogens with one attached hydrogen (secondary N) is 1. The highest BCUT2D eigenvalue weighted by Crippen LogP contribution is 2.37. The average molecular weight is 508 g/mol. The first kappa shape index (κ1) is 25.3. The van der Waals surface area contributed by atoms with E-state index >= 15 is 0 Å². The lowest BCUT2D eigenvalue weighted by Gasteiger charge is -2.26. The molecule has 8 nitrogen and oxygen atoms in total. The van der Waals surface area contributed by atoms with Crippen LogP contribution in [0.15, 0.2) is 77.7 Å². The molecule has 4 rings (SSSR count). The van der Waals surface area contributed by atoms with Crippen LogP contribution in [-0.4, -0.2) is 38.8 Å². The van der Waals surface area contributed by atoms with Crippen molar-refractivity contribution >= 4 is 27.7 Å². The molecule has 1 aliphatic rings. The second kappa shape index (κ2) is 10.4. The van der Waals surface area contributed by atoms with Crippen molar-refractivity contribution in [2.24, 2.45) is 0 Å². The number of sulfonamides is 1. The smallest absolute Gasteiger partial charge is 0.328 e. The Balaban J connectivity index is 1.72. The first-order chi connectivity index (χ1) is 17.3. The molecule has 2 unspecified atom stereocenters. The molecule has 3 aromatic rings. The van der Waals surface area contributed by atoms with E-state index in [0.717, 1.165) is 5.56 Å². The number of fused-ring (bicyclic) bond motifs is 3. The third-order valence-corrected chi connectivity index (χ3v) is 7.25. The minimum Gasteiger partial charge on any atom is -0.465 e. The molecule has 0 saturated carbocycles. The van der Waals surface area contributed by atoms with E-state index in [1.807, 2.05) is 0 Å². The number of ether oxygens (including phenoxy) is 2. The summed E-state index contributed by atoms with van der Waals surface area (Å²) in [7, 11) is -4.35. The molecular formula is C27H25NO7S. The van der Waals surface area contributed by atoms with Crippen molar-refractivity contribution in [3.8, 4) is 11.1 Å². The monoisotopic (exact) mass is 507 g/mol. The zero-order valence-electron chi connectivity index (χ0n) is 19.8. The van der Waals surface area contributed by atoms with E-state index in [-0.39, 0.29) is 29.3 Å². The van der Waals surface area contributed by atoms with E-state index in [1.165, 1.54) is 12.1 Å². The Morgan fingerprint density at radius 3 is 2.17 bits per heavy atom. The second-order valence-electron chi connectivity index (χ2n) is 8.11. The van der Waals surface area contributed by atoms with Crippen LogP contribution in [-0.2, 0) is 29.1 Å². The van der Waals surface area contributed by atoms with E-state index in [9.17, 15) is 22.8 Å². The number of ketones is 1. The van der Waals surface area contributed by atoms with Gasteiger partial charge in [-0.25, -0.2) is 8.42 Å². The molecule has 0 fully saturated rings. The highest BCUT2D eigenvalue weighted by atomic mass is 32.2. The summed E-state index contributed by atoms with van der Waals surface area (Å²) >= 11 is 0. The number of benzene rings is 3. The van der Waals surface area contributed by atoms with Gasteiger partial charge in [-0.1, -0.05) is 67.6 Å². The van der Waals surface area contributed by atoms with Gasteiger partial charge in [-0.15, -0.1) is 0 Å². The van der Waals surface area contributed by atoms with Gasteiger partial charge < -0.3 is 9.47 Å². The van der Waals surface area contributed by atoms with Gasteiger partial charge in [-0.05, 0) is 35.7 Å². The summed E-state index contributed by atoms with van der Waals surface area (Å²) in [5, 5.41) is 0. The van der Waals surface area contributed by atoms with Crippen molar-refractivity contribution in [2.75, 3.05) is 6.61 Å². The maximum Gasteiger partial charge on any atom is 0.328 e. The summed E-state index contributed by atoms with van der Waals surface area (Å²) in [5.41, 5.74) is 2.53. The van der Waals surface area contributed by atoms with E-state index in [1.54, 1.807) is 74.5 Å². The number of hydrogen-bond donors (Lipinski definition) is 1. The number of esters is 2. The fourth-order valence-corrected chi connectivity index (χ4v) is 5.28. The molecule has 9 heteroatoms. The van der Waals surface area contributed by atoms with Crippen LogP contribution in [0.5, 0.6) is 0 Å². The van der Waals surface area contributed by atoms with Crippen molar-refractivity contribution in [1.82, 2.24) is 4.72 Å². The van der Waals surface area contributed by atoms with Crippen molar-refractivity contribution < 1.29 is 32.3 Å². The van der Waals surface area contributed by atoms with Gasteiger partial charge in [0.2, 0.25) is 10.0 Å². The zero-order chi connectivity index (χ0) is 25.9. The predicted molar refractivity (Wildman–Crippen MR) is 132 cm³/mol. The molecule has 2 atom stereocenters. The zero-order valence-corrected chi connectivity index (χ0v) is 20.6. The second-order valence-corrected chi connectivity index (χ2v) is 9.82. The highest BCUT2D eigenvalue weighted by molar-refractivity contribution is 7.89. The van der Waals surface area contributed by atoms with Crippen molar-refractivity contribution in [3.05, 3.63) is 89.5 Å². The molecular weight excluding hydrogens is 482 g/mol. The first-order valence-corrected chi connectivity index (χ1v) is 13.0. The van der Waals surface area contributed by atoms with Crippen LogP contribution in [0.25, 0.3) is 11.1 Å². The largest absolute Gasteiger partial charge is 0.465 e. The van der Waals surface area contributed by atoms with E-state index < -0.39 is 34.1 Å². The molecule has 1 N–H and O–H groups in total. The molecule has 186 valence electrons. The van der Waals surface area contributed by atoms with Gasteiger partial charge in [-0.3, -0.25) is 14.4 Å². The summed E-state index contributed by atoms with van der Waals surface area (Å²) in [6.07, 6.45) is -1.24. The van der Waals surface area contributed by atoms with Gasteiger partial charge in [0.15, 0.2) is 17.9 Å². The number of carbonyl (C=O) groups excluding carboxylic acids is 3. The van der Waals surface area contributed by atoms with Gasteiger partial charge in [0, 0.05) is 17.5 Å². The van der Waals surface area contributed by atoms with Crippen LogP contribution >= 0.6 is 0 Å². The minimum atomic E-state index is -4.35. The normalized spacial score (nSPS) is 13.9. The fourth-order valence-electron chi connectivity index (χ4n) is 4.07. The molecule has 0 spiro atoms. The molecule has 1 aliphatic carbocycles. The first-order valence-electron chi connectivity index (χ1n) is 11.5. The molecule has 0 radical (unpaired) electrons. The molecule has 36 heavy (non-hydrogen) atoms. The molecule has 0 aliphatic heterocycles. The molecule has 0 bridgehead atoms. The Labute approximate surface area is 209 Å². The summed E-state index contributed by atoms with van der Waals surface area (Å²) in [5.74, 6) is -1.79. The Morgan fingerprint density at radius 1 is 0.861 bits per heavy atom. The third kappa shape index (κ3) is 4.93. The van der Waals surface area contributed by atoms with E-state index in [2.05, 4.69) is 4.72 Å². The standard InChI is InChI=1S/C27H25NO7S/c1-3-23(29)35-26(17-10-6-5-7-11-17)24(27(31)34-4-2)28-36(32,33)18-14-15-20-19-12-8-9-13-21(19)25(30)22(20)16-18/h5-16,24,26,28H,3-4H2,1-2H3. The quantitative estimate of drug-likeness (QED) is 0.343. The SMILES string of the molecule is CCOC(=O)C(NS(=O)(=O)c1ccc2c(c1)C(=O)c1ccccc1-2)C(OC(=O)CC)c1ccccc1. The van der Waals surface area contributed by atoms with Crippen LogP contribution in [0.2, 0.25) is 0 Å². The topological polar surface area (TPSA) is 116 Å². The fraction of sp³-hybridized carbons (Fsp3) is 0.222. The summed E-state index contributed by atoms with van der Waals surface area (Å²) < 4.78 is 39.9. The summed E-state index contributed by atoms with van der Waals surface area (Å²) in [6, 6.07) is 18.1. The molecule has 0 saturated heterocycles. The Bertz CT molecular complexity index is 1420. The third-order valence-electron chi connectivity index (χ3n) is 5.81. The Hall–Kier alpha value is -3.82. The maximum absolute atomic E-state index is 13.5. The van der Waals surface area contributed by atoms with Crippen LogP contribution in [0.1, 0.15) is 47.9 Å². The lowest BCUT2D eigenvalue weighted by atomic mass is 10.0. The molecule has 0 amide bonds. The lowest BCUT2D eigenvalue weighted by molar-refractivity contribution is -0.158. The van der Waals surface area contributed by atoms with Crippen molar-refractivity contribution in [2.45, 2.75) is 37.3 Å². The molecule has 0 aromatic heterocycles. The van der Waals surface area contributed by atoms with Crippen LogP contribution in [0, 0.1) is 0 Å². The van der Waals surface area contributed by atoms with E-state index in [4.69, 9.17) is 9.47 Å². The van der Waals surface area contributed by atoms with Gasteiger partial charge in [0.1, 0.15) is 0 Å². The average Bonchev–Trinajstić information content (AvgIpc) is 3.18. The van der Waals surface area contributed by atoms with Gasteiger partial charge in [0.05, 0.1) is 11.5 Å². The summed E-state index contributed by atoms with van der Waals surface area (Å²) in [6.45, 7) is 3.17. The van der Waals surface area contributed by atoms with Crippen molar-refractivity contribution in [3.63, 3.8) is 0 Å². The van der Waals surface area contributed by atoms with Crippen LogP contribution < -0.4 is 4.72 Å². The Morgan fingerprint density at radius 2 is 1.50 bits per heavy atom. The Kier molecular flexibility index (Phi) is 7.32. The molecule has 0 heterocycles. The van der Waals surface area contributed by atoms with Gasteiger partial charge in [-0.2, -0.15) is 4.72 Å². The minimum absolute atomic E-state index is 0.00804. The highest BCUT2D eigenvalue weighted by Gasteiger charge is 2.38. The van der Waals surface area contributed by atoms with Gasteiger partial charge >= 0.3 is 11.9 Å². The number of rotatable bonds is 9. The number of hydrogen-bond acceptors (Lipinski definition) is 7.